The van der Waals surface area contributed by atoms with E-state index in [-0.39, 0.29) is 5.75 Å². The maximum atomic E-state index is 11.4. The number of nitrogens with zero attached hydrogens (tertiary/aromatic N) is 2. The Balaban J connectivity index is 1.98. The van der Waals surface area contributed by atoms with Crippen molar-refractivity contribution in [2.45, 2.75) is 31.7 Å². The normalized spacial score (nSPS) is 17.7. The monoisotopic (exact) mass is 272 g/mol. The smallest absolute Gasteiger partial charge is 0.326 e. The number of hydrogen-bond acceptors (Lipinski definition) is 3. The van der Waals surface area contributed by atoms with E-state index in [2.05, 4.69) is 4.98 Å². The van der Waals surface area contributed by atoms with Crippen molar-refractivity contribution in [1.29, 1.82) is 0 Å². The third-order valence-electron chi connectivity index (χ3n) is 3.80. The van der Waals surface area contributed by atoms with Gasteiger partial charge in [0.25, 0.3) is 0 Å². The summed E-state index contributed by atoms with van der Waals surface area (Å²) in [4.78, 5) is 15.7. The van der Waals surface area contributed by atoms with Gasteiger partial charge in [-0.1, -0.05) is 18.2 Å². The second kappa shape index (κ2) is 5.00. The number of phenols is 1. The van der Waals surface area contributed by atoms with Gasteiger partial charge in [-0.25, -0.2) is 9.78 Å². The highest BCUT2D eigenvalue weighted by Gasteiger charge is 2.28. The summed E-state index contributed by atoms with van der Waals surface area (Å²) in [5, 5.41) is 19.2. The van der Waals surface area contributed by atoms with Crippen molar-refractivity contribution in [3.63, 3.8) is 0 Å². The summed E-state index contributed by atoms with van der Waals surface area (Å²) in [6.45, 7) is 0. The molecule has 5 nitrogen and oxygen atoms in total. The summed E-state index contributed by atoms with van der Waals surface area (Å²) in [5.41, 5.74) is 1.73. The molecule has 1 aliphatic heterocycles. The molecule has 0 bridgehead atoms. The maximum Gasteiger partial charge on any atom is 0.326 e. The van der Waals surface area contributed by atoms with Gasteiger partial charge in [-0.05, 0) is 25.3 Å². The van der Waals surface area contributed by atoms with E-state index in [1.807, 2.05) is 16.7 Å². The molecule has 1 atom stereocenters. The predicted octanol–water partition coefficient (Wildman–Crippen LogP) is 2.14. The lowest BCUT2D eigenvalue weighted by Gasteiger charge is -2.24. The Kier molecular flexibility index (Phi) is 3.18. The minimum atomic E-state index is -0.817. The number of aryl methyl sites for hydroxylation is 1. The van der Waals surface area contributed by atoms with E-state index in [0.717, 1.165) is 24.1 Å². The van der Waals surface area contributed by atoms with E-state index < -0.39 is 12.0 Å². The molecular weight excluding hydrogens is 256 g/mol. The maximum absolute atomic E-state index is 11.4. The van der Waals surface area contributed by atoms with Crippen LogP contribution in [0.1, 0.15) is 36.0 Å². The first kappa shape index (κ1) is 12.7. The van der Waals surface area contributed by atoms with Crippen LogP contribution in [-0.2, 0) is 17.6 Å². The van der Waals surface area contributed by atoms with E-state index >= 15 is 0 Å². The Morgan fingerprint density at radius 2 is 2.20 bits per heavy atom. The molecular formula is C15H16N2O3. The van der Waals surface area contributed by atoms with E-state index in [1.165, 1.54) is 0 Å². The minimum absolute atomic E-state index is 0.215. The molecule has 0 saturated heterocycles. The van der Waals surface area contributed by atoms with Crippen molar-refractivity contribution < 1.29 is 15.0 Å². The summed E-state index contributed by atoms with van der Waals surface area (Å²) in [7, 11) is 0. The number of carboxylic acids is 1. The number of carbonyl (C=O) groups is 1. The Labute approximate surface area is 116 Å². The molecule has 1 aromatic heterocycles. The molecule has 1 aromatic carbocycles. The molecule has 0 aliphatic carbocycles. The Morgan fingerprint density at radius 3 is 2.95 bits per heavy atom. The number of fused-ring (bicyclic) bond motifs is 1. The summed E-state index contributed by atoms with van der Waals surface area (Å²) in [6, 6.07) is 6.53. The third kappa shape index (κ3) is 2.15. The number of imidazole rings is 1. The van der Waals surface area contributed by atoms with Crippen molar-refractivity contribution in [3.05, 3.63) is 47.5 Å². The van der Waals surface area contributed by atoms with E-state index in [4.69, 9.17) is 0 Å². The molecule has 2 heterocycles. The Morgan fingerprint density at radius 1 is 1.40 bits per heavy atom. The van der Waals surface area contributed by atoms with Gasteiger partial charge in [0.15, 0.2) is 0 Å². The molecule has 1 aliphatic rings. The highest BCUT2D eigenvalue weighted by molar-refractivity contribution is 5.72. The molecule has 0 amide bonds. The summed E-state index contributed by atoms with van der Waals surface area (Å²) in [5.74, 6) is 0.101. The molecule has 2 aromatic rings. The number of aliphatic carboxylic acids is 1. The highest BCUT2D eigenvalue weighted by atomic mass is 16.4. The number of hydrogen-bond donors (Lipinski definition) is 2. The van der Waals surface area contributed by atoms with Crippen LogP contribution in [0.4, 0.5) is 0 Å². The second-order valence-corrected chi connectivity index (χ2v) is 5.09. The molecule has 104 valence electrons. The average molecular weight is 272 g/mol. The SMILES string of the molecule is O=C(O)C1CCCc2cnc(Cc3ccccc3O)n21. The zero-order chi connectivity index (χ0) is 14.1. The first-order chi connectivity index (χ1) is 9.66. The van der Waals surface area contributed by atoms with Crippen LogP contribution in [-0.4, -0.2) is 25.7 Å². The largest absolute Gasteiger partial charge is 0.508 e. The van der Waals surface area contributed by atoms with Gasteiger partial charge in [-0.3, -0.25) is 0 Å². The summed E-state index contributed by atoms with van der Waals surface area (Å²) < 4.78 is 1.82. The number of rotatable bonds is 3. The predicted molar refractivity (Wildman–Crippen MR) is 72.8 cm³/mol. The number of carboxylic acid groups (broad SMARTS) is 1. The second-order valence-electron chi connectivity index (χ2n) is 5.09. The van der Waals surface area contributed by atoms with Crippen LogP contribution in [0.5, 0.6) is 5.75 Å². The fraction of sp³-hybridized carbons (Fsp3) is 0.333. The summed E-state index contributed by atoms with van der Waals surface area (Å²) in [6.07, 6.45) is 4.56. The molecule has 5 heteroatoms. The Bertz CT molecular complexity index is 648. The van der Waals surface area contributed by atoms with Crippen LogP contribution in [0.25, 0.3) is 0 Å². The molecule has 0 spiro atoms. The van der Waals surface area contributed by atoms with E-state index in [9.17, 15) is 15.0 Å². The average Bonchev–Trinajstić information content (AvgIpc) is 2.84. The minimum Gasteiger partial charge on any atom is -0.508 e. The molecule has 3 rings (SSSR count). The van der Waals surface area contributed by atoms with Crippen molar-refractivity contribution in [1.82, 2.24) is 9.55 Å². The van der Waals surface area contributed by atoms with Crippen LogP contribution >= 0.6 is 0 Å². The van der Waals surface area contributed by atoms with Gasteiger partial charge in [0, 0.05) is 23.9 Å². The first-order valence-corrected chi connectivity index (χ1v) is 6.71. The van der Waals surface area contributed by atoms with Crippen molar-refractivity contribution in [2.75, 3.05) is 0 Å². The van der Waals surface area contributed by atoms with Crippen LogP contribution in [0.2, 0.25) is 0 Å². The fourth-order valence-corrected chi connectivity index (χ4v) is 2.81. The van der Waals surface area contributed by atoms with Gasteiger partial charge in [0.2, 0.25) is 0 Å². The third-order valence-corrected chi connectivity index (χ3v) is 3.80. The topological polar surface area (TPSA) is 75.3 Å². The van der Waals surface area contributed by atoms with Crippen LogP contribution in [0.15, 0.2) is 30.5 Å². The van der Waals surface area contributed by atoms with Crippen molar-refractivity contribution in [3.8, 4) is 5.75 Å². The molecule has 0 radical (unpaired) electrons. The van der Waals surface area contributed by atoms with Gasteiger partial charge in [-0.2, -0.15) is 0 Å². The van der Waals surface area contributed by atoms with Crippen molar-refractivity contribution in [2.24, 2.45) is 0 Å². The number of phenolic OH excluding ortho intramolecular Hbond substituents is 1. The number of aromatic nitrogens is 2. The molecule has 1 unspecified atom stereocenters. The Hall–Kier alpha value is -2.30. The van der Waals surface area contributed by atoms with Crippen LogP contribution in [0.3, 0.4) is 0 Å². The molecule has 0 fully saturated rings. The molecule has 20 heavy (non-hydrogen) atoms. The van der Waals surface area contributed by atoms with E-state index in [0.29, 0.717) is 18.7 Å². The molecule has 2 N–H and O–H groups in total. The molecule has 0 saturated carbocycles. The van der Waals surface area contributed by atoms with Gasteiger partial charge < -0.3 is 14.8 Å². The zero-order valence-corrected chi connectivity index (χ0v) is 11.0. The fourth-order valence-electron chi connectivity index (χ4n) is 2.81. The van der Waals surface area contributed by atoms with Crippen LogP contribution in [0, 0.1) is 0 Å². The summed E-state index contributed by atoms with van der Waals surface area (Å²) >= 11 is 0. The number of para-hydroxylation sites is 1. The first-order valence-electron chi connectivity index (χ1n) is 6.71. The van der Waals surface area contributed by atoms with Crippen molar-refractivity contribution >= 4 is 5.97 Å². The lowest BCUT2D eigenvalue weighted by atomic mass is 10.0. The van der Waals surface area contributed by atoms with E-state index in [1.54, 1.807) is 18.3 Å². The quantitative estimate of drug-likeness (QED) is 0.897. The number of benzene rings is 1. The van der Waals surface area contributed by atoms with Gasteiger partial charge in [0.05, 0.1) is 0 Å². The van der Waals surface area contributed by atoms with Crippen LogP contribution < -0.4 is 0 Å². The standard InChI is InChI=1S/C15H16N2O3/c18-13-7-2-1-4-10(13)8-14-16-9-11-5-3-6-12(15(19)20)17(11)14/h1-2,4,7,9,12,18H,3,5-6,8H2,(H,19,20). The lowest BCUT2D eigenvalue weighted by molar-refractivity contribution is -0.141. The van der Waals surface area contributed by atoms with Gasteiger partial charge >= 0.3 is 5.97 Å². The zero-order valence-electron chi connectivity index (χ0n) is 11.0. The highest BCUT2D eigenvalue weighted by Crippen LogP contribution is 2.29. The van der Waals surface area contributed by atoms with Gasteiger partial charge in [-0.15, -0.1) is 0 Å². The lowest BCUT2D eigenvalue weighted by Crippen LogP contribution is -2.26. The van der Waals surface area contributed by atoms with Gasteiger partial charge in [0.1, 0.15) is 17.6 Å². The number of aromatic hydroxyl groups is 1.